The SMILES string of the molecule is CCCCn1c(CCC)nc(C2CCOCC2)c1N. The van der Waals surface area contributed by atoms with Crippen LogP contribution in [0, 0.1) is 0 Å². The smallest absolute Gasteiger partial charge is 0.127 e. The number of hydrogen-bond donors (Lipinski definition) is 1. The van der Waals surface area contributed by atoms with Gasteiger partial charge in [-0.3, -0.25) is 0 Å². The predicted octanol–water partition coefficient (Wildman–Crippen LogP) is 3.11. The number of rotatable bonds is 6. The number of nitrogen functional groups attached to an aromatic ring is 1. The summed E-state index contributed by atoms with van der Waals surface area (Å²) in [6.07, 6.45) is 6.62. The van der Waals surface area contributed by atoms with Crippen molar-refractivity contribution < 1.29 is 4.74 Å². The number of nitrogens with zero attached hydrogens (tertiary/aromatic N) is 2. The molecule has 2 heterocycles. The third-order valence-corrected chi connectivity index (χ3v) is 3.93. The lowest BCUT2D eigenvalue weighted by Crippen LogP contribution is -2.16. The van der Waals surface area contributed by atoms with Gasteiger partial charge in [0.1, 0.15) is 11.6 Å². The maximum absolute atomic E-state index is 6.37. The molecule has 0 amide bonds. The highest BCUT2D eigenvalue weighted by Crippen LogP contribution is 2.31. The lowest BCUT2D eigenvalue weighted by molar-refractivity contribution is 0.0847. The van der Waals surface area contributed by atoms with Crippen LogP contribution in [0.2, 0.25) is 0 Å². The molecule has 1 aliphatic heterocycles. The van der Waals surface area contributed by atoms with E-state index >= 15 is 0 Å². The summed E-state index contributed by atoms with van der Waals surface area (Å²) in [5.41, 5.74) is 7.49. The first-order valence-electron chi connectivity index (χ1n) is 7.70. The van der Waals surface area contributed by atoms with Crippen molar-refractivity contribution in [2.45, 2.75) is 64.8 Å². The van der Waals surface area contributed by atoms with E-state index in [1.165, 1.54) is 18.7 Å². The van der Waals surface area contributed by atoms with E-state index in [9.17, 15) is 0 Å². The van der Waals surface area contributed by atoms with Gasteiger partial charge < -0.3 is 15.0 Å². The van der Waals surface area contributed by atoms with E-state index in [2.05, 4.69) is 18.4 Å². The molecular formula is C15H27N3O. The summed E-state index contributed by atoms with van der Waals surface area (Å²) >= 11 is 0. The van der Waals surface area contributed by atoms with Crippen LogP contribution >= 0.6 is 0 Å². The van der Waals surface area contributed by atoms with E-state index in [1.807, 2.05) is 0 Å². The number of aryl methyl sites for hydroxylation is 1. The number of unbranched alkanes of at least 4 members (excludes halogenated alkanes) is 1. The Bertz CT molecular complexity index is 394. The third kappa shape index (κ3) is 3.30. The average Bonchev–Trinajstić information content (AvgIpc) is 2.75. The first-order valence-corrected chi connectivity index (χ1v) is 7.70. The monoisotopic (exact) mass is 265 g/mol. The van der Waals surface area contributed by atoms with Gasteiger partial charge in [-0.05, 0) is 25.7 Å². The minimum atomic E-state index is 0.493. The second-order valence-corrected chi connectivity index (χ2v) is 5.44. The van der Waals surface area contributed by atoms with Crippen LogP contribution in [0.5, 0.6) is 0 Å². The van der Waals surface area contributed by atoms with E-state index < -0.39 is 0 Å². The molecule has 4 nitrogen and oxygen atoms in total. The first kappa shape index (κ1) is 14.4. The van der Waals surface area contributed by atoms with Crippen LogP contribution in [-0.4, -0.2) is 22.8 Å². The second-order valence-electron chi connectivity index (χ2n) is 5.44. The first-order chi connectivity index (χ1) is 9.27. The van der Waals surface area contributed by atoms with Gasteiger partial charge in [-0.1, -0.05) is 20.3 Å². The van der Waals surface area contributed by atoms with Crippen molar-refractivity contribution in [2.24, 2.45) is 0 Å². The molecule has 0 aliphatic carbocycles. The van der Waals surface area contributed by atoms with Gasteiger partial charge in [0.05, 0.1) is 5.69 Å². The molecular weight excluding hydrogens is 238 g/mol. The summed E-state index contributed by atoms with van der Waals surface area (Å²) in [7, 11) is 0. The van der Waals surface area contributed by atoms with Crippen LogP contribution in [0.25, 0.3) is 0 Å². The van der Waals surface area contributed by atoms with Crippen molar-refractivity contribution in [3.8, 4) is 0 Å². The highest BCUT2D eigenvalue weighted by Gasteiger charge is 2.23. The maximum atomic E-state index is 6.37. The Labute approximate surface area is 116 Å². The van der Waals surface area contributed by atoms with Gasteiger partial charge in [-0.2, -0.15) is 0 Å². The Morgan fingerprint density at radius 3 is 2.63 bits per heavy atom. The maximum Gasteiger partial charge on any atom is 0.127 e. The minimum absolute atomic E-state index is 0.493. The zero-order valence-corrected chi connectivity index (χ0v) is 12.3. The summed E-state index contributed by atoms with van der Waals surface area (Å²) in [6, 6.07) is 0. The molecule has 1 saturated heterocycles. The van der Waals surface area contributed by atoms with E-state index in [-0.39, 0.29) is 0 Å². The number of anilines is 1. The van der Waals surface area contributed by atoms with Crippen molar-refractivity contribution in [3.63, 3.8) is 0 Å². The fourth-order valence-corrected chi connectivity index (χ4v) is 2.79. The highest BCUT2D eigenvalue weighted by molar-refractivity contribution is 5.41. The van der Waals surface area contributed by atoms with Crippen LogP contribution in [0.3, 0.4) is 0 Å². The molecule has 19 heavy (non-hydrogen) atoms. The third-order valence-electron chi connectivity index (χ3n) is 3.93. The predicted molar refractivity (Wildman–Crippen MR) is 78.3 cm³/mol. The molecule has 0 aromatic carbocycles. The van der Waals surface area contributed by atoms with Gasteiger partial charge in [0.2, 0.25) is 0 Å². The lowest BCUT2D eigenvalue weighted by atomic mass is 9.96. The molecule has 1 aromatic heterocycles. The Morgan fingerprint density at radius 1 is 1.26 bits per heavy atom. The van der Waals surface area contributed by atoms with Crippen LogP contribution in [0.1, 0.15) is 63.4 Å². The number of hydrogen-bond acceptors (Lipinski definition) is 3. The zero-order valence-electron chi connectivity index (χ0n) is 12.3. The Balaban J connectivity index is 2.22. The molecule has 0 unspecified atom stereocenters. The number of imidazole rings is 1. The molecule has 2 N–H and O–H groups in total. The Hall–Kier alpha value is -1.03. The number of nitrogens with two attached hydrogens (primary N) is 1. The molecule has 108 valence electrons. The number of aromatic nitrogens is 2. The Kier molecular flexibility index (Phi) is 5.25. The minimum Gasteiger partial charge on any atom is -0.384 e. The summed E-state index contributed by atoms with van der Waals surface area (Å²) in [5.74, 6) is 2.57. The van der Waals surface area contributed by atoms with Crippen molar-refractivity contribution >= 4 is 5.82 Å². The summed E-state index contributed by atoms with van der Waals surface area (Å²) in [5, 5.41) is 0. The average molecular weight is 265 g/mol. The molecule has 2 rings (SSSR count). The number of ether oxygens (including phenoxy) is 1. The molecule has 0 spiro atoms. The summed E-state index contributed by atoms with van der Waals surface area (Å²) in [6.45, 7) is 7.10. The van der Waals surface area contributed by atoms with E-state index in [0.717, 1.165) is 57.0 Å². The molecule has 1 fully saturated rings. The fourth-order valence-electron chi connectivity index (χ4n) is 2.79. The van der Waals surface area contributed by atoms with Gasteiger partial charge >= 0.3 is 0 Å². The molecule has 0 atom stereocenters. The van der Waals surface area contributed by atoms with Gasteiger partial charge in [-0.15, -0.1) is 0 Å². The quantitative estimate of drug-likeness (QED) is 0.860. The second kappa shape index (κ2) is 6.94. The fraction of sp³-hybridized carbons (Fsp3) is 0.800. The van der Waals surface area contributed by atoms with Crippen molar-refractivity contribution in [2.75, 3.05) is 18.9 Å². The highest BCUT2D eigenvalue weighted by atomic mass is 16.5. The van der Waals surface area contributed by atoms with E-state index in [1.54, 1.807) is 0 Å². The van der Waals surface area contributed by atoms with Gasteiger partial charge in [0.15, 0.2) is 0 Å². The molecule has 0 bridgehead atoms. The van der Waals surface area contributed by atoms with Crippen molar-refractivity contribution in [3.05, 3.63) is 11.5 Å². The standard InChI is InChI=1S/C15H27N3O/c1-3-5-9-18-13(6-4-2)17-14(15(18)16)12-7-10-19-11-8-12/h12H,3-11,16H2,1-2H3. The topological polar surface area (TPSA) is 53.1 Å². The van der Waals surface area contributed by atoms with Crippen LogP contribution in [0.4, 0.5) is 5.82 Å². The molecule has 4 heteroatoms. The van der Waals surface area contributed by atoms with Crippen molar-refractivity contribution in [1.82, 2.24) is 9.55 Å². The van der Waals surface area contributed by atoms with Crippen LogP contribution in [0.15, 0.2) is 0 Å². The normalized spacial score (nSPS) is 16.9. The van der Waals surface area contributed by atoms with Crippen LogP contribution in [-0.2, 0) is 17.7 Å². The molecule has 1 aliphatic rings. The zero-order chi connectivity index (χ0) is 13.7. The largest absolute Gasteiger partial charge is 0.384 e. The molecule has 0 saturated carbocycles. The van der Waals surface area contributed by atoms with Gasteiger partial charge in [-0.25, -0.2) is 4.98 Å². The van der Waals surface area contributed by atoms with Crippen molar-refractivity contribution in [1.29, 1.82) is 0 Å². The summed E-state index contributed by atoms with van der Waals surface area (Å²) < 4.78 is 7.68. The lowest BCUT2D eigenvalue weighted by Gasteiger charge is -2.21. The van der Waals surface area contributed by atoms with E-state index in [0.29, 0.717) is 5.92 Å². The van der Waals surface area contributed by atoms with Gasteiger partial charge in [0, 0.05) is 32.1 Å². The Morgan fingerprint density at radius 2 is 2.00 bits per heavy atom. The van der Waals surface area contributed by atoms with Crippen LogP contribution < -0.4 is 5.73 Å². The van der Waals surface area contributed by atoms with Gasteiger partial charge in [0.25, 0.3) is 0 Å². The molecule has 0 radical (unpaired) electrons. The van der Waals surface area contributed by atoms with E-state index in [4.69, 9.17) is 15.5 Å². The molecule has 1 aromatic rings. The summed E-state index contributed by atoms with van der Waals surface area (Å²) in [4.78, 5) is 4.86.